The van der Waals surface area contributed by atoms with Gasteiger partial charge in [0.2, 0.25) is 17.7 Å². The van der Waals surface area contributed by atoms with Gasteiger partial charge in [-0.3, -0.25) is 19.7 Å². The van der Waals surface area contributed by atoms with Crippen LogP contribution in [-0.4, -0.2) is 34.8 Å². The van der Waals surface area contributed by atoms with Gasteiger partial charge >= 0.3 is 0 Å². The number of imide groups is 1. The summed E-state index contributed by atoms with van der Waals surface area (Å²) in [5.74, 6) is -1.20. The molecular formula is C22H24Cl2N4O4. The smallest absolute Gasteiger partial charge is 0.234 e. The van der Waals surface area contributed by atoms with Crippen LogP contribution in [0.4, 0.5) is 0 Å². The lowest BCUT2D eigenvalue weighted by molar-refractivity contribution is -0.134. The average molecular weight is 479 g/mol. The maximum Gasteiger partial charge on any atom is 0.234 e. The third kappa shape index (κ3) is 5.26. The van der Waals surface area contributed by atoms with Crippen molar-refractivity contribution in [2.24, 2.45) is 0 Å². The number of aromatic nitrogens is 2. The Kier molecular flexibility index (Phi) is 7.48. The van der Waals surface area contributed by atoms with Crippen molar-refractivity contribution in [3.05, 3.63) is 57.1 Å². The van der Waals surface area contributed by atoms with Crippen molar-refractivity contribution in [2.45, 2.75) is 51.2 Å². The Labute approximate surface area is 196 Å². The number of piperidine rings is 1. The van der Waals surface area contributed by atoms with E-state index in [9.17, 15) is 14.4 Å². The molecule has 170 valence electrons. The number of halogens is 2. The highest BCUT2D eigenvalue weighted by Gasteiger charge is 2.34. The third-order valence-corrected chi connectivity index (χ3v) is 5.94. The lowest BCUT2D eigenvalue weighted by Crippen LogP contribution is -2.41. The highest BCUT2D eigenvalue weighted by molar-refractivity contribution is 6.36. The van der Waals surface area contributed by atoms with Gasteiger partial charge in [0.15, 0.2) is 0 Å². The molecule has 2 heterocycles. The number of methoxy groups -OCH3 is 1. The van der Waals surface area contributed by atoms with E-state index >= 15 is 0 Å². The molecule has 2 aromatic rings. The van der Waals surface area contributed by atoms with E-state index in [-0.39, 0.29) is 24.8 Å². The lowest BCUT2D eigenvalue weighted by atomic mass is 9.89. The van der Waals surface area contributed by atoms with Crippen molar-refractivity contribution < 1.29 is 19.1 Å². The van der Waals surface area contributed by atoms with Crippen molar-refractivity contribution >= 4 is 40.9 Å². The van der Waals surface area contributed by atoms with Crippen LogP contribution in [0.3, 0.4) is 0 Å². The highest BCUT2D eigenvalue weighted by Crippen LogP contribution is 2.37. The number of benzene rings is 1. The molecule has 0 aliphatic carbocycles. The predicted octanol–water partition coefficient (Wildman–Crippen LogP) is 3.04. The fourth-order valence-corrected chi connectivity index (χ4v) is 4.27. The second-order valence-electron chi connectivity index (χ2n) is 8.09. The van der Waals surface area contributed by atoms with Gasteiger partial charge in [-0.2, -0.15) is 0 Å². The first-order chi connectivity index (χ1) is 15.1. The SMILES string of the molecule is COCc1ccnc(C(C)(C)C(=O)NCc2cc(Cl)c(C3CCC(=O)NC3=O)c(Cl)c2)n1. The molecule has 1 fully saturated rings. The number of ether oxygens (including phenoxy) is 1. The maximum absolute atomic E-state index is 12.9. The summed E-state index contributed by atoms with van der Waals surface area (Å²) in [5.41, 5.74) is 0.858. The van der Waals surface area contributed by atoms with Gasteiger partial charge in [0.1, 0.15) is 11.2 Å². The zero-order valence-electron chi connectivity index (χ0n) is 18.0. The van der Waals surface area contributed by atoms with Gasteiger partial charge in [-0.05, 0) is 44.0 Å². The van der Waals surface area contributed by atoms with Crippen LogP contribution in [0.2, 0.25) is 10.0 Å². The van der Waals surface area contributed by atoms with E-state index in [4.69, 9.17) is 27.9 Å². The van der Waals surface area contributed by atoms with Gasteiger partial charge in [-0.15, -0.1) is 0 Å². The van der Waals surface area contributed by atoms with Gasteiger partial charge in [-0.1, -0.05) is 23.2 Å². The van der Waals surface area contributed by atoms with Crippen molar-refractivity contribution in [1.82, 2.24) is 20.6 Å². The largest absolute Gasteiger partial charge is 0.378 e. The fourth-order valence-electron chi connectivity index (χ4n) is 3.47. The van der Waals surface area contributed by atoms with E-state index in [1.807, 2.05) is 0 Å². The lowest BCUT2D eigenvalue weighted by Gasteiger charge is -2.24. The normalized spacial score (nSPS) is 16.6. The Morgan fingerprint density at radius 1 is 1.28 bits per heavy atom. The number of carbonyl (C=O) groups excluding carboxylic acids is 3. The molecule has 1 atom stereocenters. The van der Waals surface area contributed by atoms with Gasteiger partial charge in [0.25, 0.3) is 0 Å². The number of hydrogen-bond donors (Lipinski definition) is 2. The third-order valence-electron chi connectivity index (χ3n) is 5.31. The van der Waals surface area contributed by atoms with E-state index in [1.54, 1.807) is 45.4 Å². The van der Waals surface area contributed by atoms with Crippen LogP contribution >= 0.6 is 23.2 Å². The van der Waals surface area contributed by atoms with E-state index in [0.29, 0.717) is 45.7 Å². The molecule has 3 rings (SSSR count). The van der Waals surface area contributed by atoms with Gasteiger partial charge in [-0.25, -0.2) is 9.97 Å². The van der Waals surface area contributed by atoms with E-state index < -0.39 is 17.2 Å². The standard InChI is InChI=1S/C22H24Cl2N4O4/c1-22(2,20-25-7-6-13(27-20)11-32-3)21(31)26-10-12-8-15(23)18(16(24)9-12)14-4-5-17(29)28-19(14)30/h6-9,14H,4-5,10-11H2,1-3H3,(H,26,31)(H,28,29,30). The topological polar surface area (TPSA) is 110 Å². The molecule has 3 amide bonds. The minimum absolute atomic E-state index is 0.176. The first-order valence-electron chi connectivity index (χ1n) is 10.0. The molecular weight excluding hydrogens is 455 g/mol. The first kappa shape index (κ1) is 24.1. The highest BCUT2D eigenvalue weighted by atomic mass is 35.5. The molecule has 1 unspecified atom stereocenters. The Bertz CT molecular complexity index is 1030. The first-order valence-corrected chi connectivity index (χ1v) is 10.8. The van der Waals surface area contributed by atoms with E-state index in [1.165, 1.54) is 0 Å². The molecule has 2 N–H and O–H groups in total. The van der Waals surface area contributed by atoms with E-state index in [2.05, 4.69) is 20.6 Å². The predicted molar refractivity (Wildman–Crippen MR) is 119 cm³/mol. The number of carbonyl (C=O) groups is 3. The quantitative estimate of drug-likeness (QED) is 0.591. The number of amides is 3. The van der Waals surface area contributed by atoms with Crippen LogP contribution in [0.1, 0.15) is 55.3 Å². The van der Waals surface area contributed by atoms with Crippen LogP contribution in [0.25, 0.3) is 0 Å². The fraction of sp³-hybridized carbons (Fsp3) is 0.409. The number of rotatable bonds is 7. The van der Waals surface area contributed by atoms with Gasteiger partial charge in [0.05, 0.1) is 18.2 Å². The molecule has 0 radical (unpaired) electrons. The molecule has 0 spiro atoms. The zero-order chi connectivity index (χ0) is 23.5. The number of hydrogen-bond acceptors (Lipinski definition) is 6. The van der Waals surface area contributed by atoms with Crippen molar-refractivity contribution in [2.75, 3.05) is 7.11 Å². The van der Waals surface area contributed by atoms with Crippen molar-refractivity contribution in [1.29, 1.82) is 0 Å². The molecule has 1 saturated heterocycles. The summed E-state index contributed by atoms with van der Waals surface area (Å²) in [6.45, 7) is 3.97. The molecule has 8 nitrogen and oxygen atoms in total. The Morgan fingerprint density at radius 2 is 1.97 bits per heavy atom. The average Bonchev–Trinajstić information content (AvgIpc) is 2.73. The van der Waals surface area contributed by atoms with Crippen molar-refractivity contribution in [3.63, 3.8) is 0 Å². The zero-order valence-corrected chi connectivity index (χ0v) is 19.5. The molecule has 0 saturated carbocycles. The van der Waals surface area contributed by atoms with Crippen molar-refractivity contribution in [3.8, 4) is 0 Å². The molecule has 10 heteroatoms. The second kappa shape index (κ2) is 9.94. The van der Waals surface area contributed by atoms with Gasteiger partial charge in [0, 0.05) is 41.9 Å². The van der Waals surface area contributed by atoms with E-state index in [0.717, 1.165) is 0 Å². The Hall–Kier alpha value is -2.55. The molecule has 1 aromatic heterocycles. The summed E-state index contributed by atoms with van der Waals surface area (Å²) in [5, 5.41) is 5.80. The molecule has 0 bridgehead atoms. The number of nitrogens with zero attached hydrogens (tertiary/aromatic N) is 2. The monoisotopic (exact) mass is 478 g/mol. The summed E-state index contributed by atoms with van der Waals surface area (Å²) < 4.78 is 5.09. The Morgan fingerprint density at radius 3 is 2.59 bits per heavy atom. The summed E-state index contributed by atoms with van der Waals surface area (Å²) in [6.07, 6.45) is 2.17. The van der Waals surface area contributed by atoms with Crippen LogP contribution in [0, 0.1) is 0 Å². The summed E-state index contributed by atoms with van der Waals surface area (Å²) in [7, 11) is 1.57. The summed E-state index contributed by atoms with van der Waals surface area (Å²) in [4.78, 5) is 45.1. The van der Waals surface area contributed by atoms with Crippen LogP contribution < -0.4 is 10.6 Å². The minimum Gasteiger partial charge on any atom is -0.378 e. The Balaban J connectivity index is 1.72. The van der Waals surface area contributed by atoms with Crippen LogP contribution in [0.15, 0.2) is 24.4 Å². The second-order valence-corrected chi connectivity index (χ2v) is 8.90. The maximum atomic E-state index is 12.9. The molecule has 1 aliphatic heterocycles. The van der Waals surface area contributed by atoms with Crippen LogP contribution in [0.5, 0.6) is 0 Å². The number of nitrogens with one attached hydrogen (secondary N) is 2. The summed E-state index contributed by atoms with van der Waals surface area (Å²) >= 11 is 12.8. The van der Waals surface area contributed by atoms with Gasteiger partial charge < -0.3 is 10.1 Å². The molecule has 1 aromatic carbocycles. The molecule has 1 aliphatic rings. The molecule has 32 heavy (non-hydrogen) atoms. The summed E-state index contributed by atoms with van der Waals surface area (Å²) in [6, 6.07) is 5.06. The van der Waals surface area contributed by atoms with Crippen LogP contribution in [-0.2, 0) is 37.7 Å². The minimum atomic E-state index is -0.982.